The molecule has 1 aromatic carbocycles. The SMILES string of the molecule is C[C@H](NC(=O)c1cn(C)nc1CCC(F)(F)F)c1ccc(C(=O)O)cc1. The Balaban J connectivity index is 2.10. The molecule has 0 aliphatic carbocycles. The van der Waals surface area contributed by atoms with Crippen LogP contribution >= 0.6 is 0 Å². The number of nitrogens with zero attached hydrogens (tertiary/aromatic N) is 2. The van der Waals surface area contributed by atoms with Crippen LogP contribution in [0, 0.1) is 0 Å². The highest BCUT2D eigenvalue weighted by Gasteiger charge is 2.28. The van der Waals surface area contributed by atoms with Crippen LogP contribution in [-0.4, -0.2) is 32.9 Å². The predicted octanol–water partition coefficient (Wildman–Crippen LogP) is 3.10. The number of hydrogen-bond donors (Lipinski definition) is 2. The molecule has 0 radical (unpaired) electrons. The van der Waals surface area contributed by atoms with Crippen molar-refractivity contribution in [2.24, 2.45) is 7.05 Å². The van der Waals surface area contributed by atoms with Crippen LogP contribution in [-0.2, 0) is 13.5 Å². The van der Waals surface area contributed by atoms with Crippen molar-refractivity contribution in [2.75, 3.05) is 0 Å². The third kappa shape index (κ3) is 5.08. The molecule has 9 heteroatoms. The third-order valence-electron chi connectivity index (χ3n) is 3.80. The number of carbonyl (C=O) groups is 2. The standard InChI is InChI=1S/C17H18F3N3O3/c1-10(11-3-5-12(6-4-11)16(25)26)21-15(24)13-9-23(2)22-14(13)7-8-17(18,19)20/h3-6,9-10H,7-8H2,1-2H3,(H,21,24)(H,25,26)/t10-/m0/s1. The van der Waals surface area contributed by atoms with Gasteiger partial charge in [0.05, 0.1) is 22.9 Å². The number of aromatic nitrogens is 2. The van der Waals surface area contributed by atoms with Crippen LogP contribution in [0.25, 0.3) is 0 Å². The maximum absolute atomic E-state index is 12.4. The van der Waals surface area contributed by atoms with Gasteiger partial charge in [-0.25, -0.2) is 4.79 Å². The Bertz CT molecular complexity index is 798. The topological polar surface area (TPSA) is 84.2 Å². The summed E-state index contributed by atoms with van der Waals surface area (Å²) in [5.41, 5.74) is 0.958. The number of aromatic carboxylic acids is 1. The smallest absolute Gasteiger partial charge is 0.389 e. The largest absolute Gasteiger partial charge is 0.478 e. The van der Waals surface area contributed by atoms with Gasteiger partial charge in [0, 0.05) is 26.1 Å². The average Bonchev–Trinajstić information content (AvgIpc) is 2.93. The van der Waals surface area contributed by atoms with E-state index in [2.05, 4.69) is 10.4 Å². The summed E-state index contributed by atoms with van der Waals surface area (Å²) in [5.74, 6) is -1.59. The molecule has 0 unspecified atom stereocenters. The van der Waals surface area contributed by atoms with Crippen molar-refractivity contribution in [3.05, 3.63) is 52.8 Å². The van der Waals surface area contributed by atoms with Gasteiger partial charge in [0.25, 0.3) is 5.91 Å². The first-order chi connectivity index (χ1) is 12.1. The summed E-state index contributed by atoms with van der Waals surface area (Å²) in [7, 11) is 1.53. The Morgan fingerprint density at radius 3 is 2.42 bits per heavy atom. The summed E-state index contributed by atoms with van der Waals surface area (Å²) in [4.78, 5) is 23.3. The van der Waals surface area contributed by atoms with Gasteiger partial charge in [0.2, 0.25) is 0 Å². The monoisotopic (exact) mass is 369 g/mol. The Hall–Kier alpha value is -2.84. The van der Waals surface area contributed by atoms with Crippen LogP contribution < -0.4 is 5.32 Å². The second-order valence-corrected chi connectivity index (χ2v) is 5.90. The maximum Gasteiger partial charge on any atom is 0.389 e. The molecule has 2 aromatic rings. The molecule has 1 aromatic heterocycles. The fraction of sp³-hybridized carbons (Fsp3) is 0.353. The summed E-state index contributed by atoms with van der Waals surface area (Å²) in [5, 5.41) is 15.5. The zero-order valence-corrected chi connectivity index (χ0v) is 14.2. The highest BCUT2D eigenvalue weighted by molar-refractivity contribution is 5.95. The summed E-state index contributed by atoms with van der Waals surface area (Å²) < 4.78 is 38.6. The second kappa shape index (κ2) is 7.59. The van der Waals surface area contributed by atoms with Crippen molar-refractivity contribution in [2.45, 2.75) is 32.0 Å². The number of hydrogen-bond acceptors (Lipinski definition) is 3. The lowest BCUT2D eigenvalue weighted by atomic mass is 10.1. The van der Waals surface area contributed by atoms with Crippen molar-refractivity contribution in [1.82, 2.24) is 15.1 Å². The molecule has 0 spiro atoms. The van der Waals surface area contributed by atoms with Crippen LogP contribution in [0.1, 0.15) is 51.4 Å². The Kier molecular flexibility index (Phi) is 5.69. The Labute approximate surface area is 147 Å². The number of amides is 1. The fourth-order valence-electron chi connectivity index (χ4n) is 2.44. The number of carbonyl (C=O) groups excluding carboxylic acids is 1. The van der Waals surface area contributed by atoms with Crippen LogP contribution in [0.2, 0.25) is 0 Å². The molecule has 0 bridgehead atoms. The molecule has 1 amide bonds. The average molecular weight is 369 g/mol. The molecule has 0 aliphatic heterocycles. The van der Waals surface area contributed by atoms with Crippen molar-refractivity contribution >= 4 is 11.9 Å². The predicted molar refractivity (Wildman–Crippen MR) is 86.9 cm³/mol. The number of carboxylic acid groups (broad SMARTS) is 1. The number of nitrogens with one attached hydrogen (secondary N) is 1. The molecule has 6 nitrogen and oxygen atoms in total. The van der Waals surface area contributed by atoms with Gasteiger partial charge in [-0.15, -0.1) is 0 Å². The van der Waals surface area contributed by atoms with Crippen molar-refractivity contribution < 1.29 is 27.9 Å². The number of rotatable bonds is 6. The fourth-order valence-corrected chi connectivity index (χ4v) is 2.44. The molecule has 0 saturated heterocycles. The molecule has 0 saturated carbocycles. The first kappa shape index (κ1) is 19.5. The van der Waals surface area contributed by atoms with Gasteiger partial charge in [0.15, 0.2) is 0 Å². The lowest BCUT2D eigenvalue weighted by Gasteiger charge is -2.14. The van der Waals surface area contributed by atoms with Crippen LogP contribution in [0.3, 0.4) is 0 Å². The van der Waals surface area contributed by atoms with Gasteiger partial charge < -0.3 is 10.4 Å². The minimum Gasteiger partial charge on any atom is -0.478 e. The van der Waals surface area contributed by atoms with Crippen LogP contribution in [0.5, 0.6) is 0 Å². The normalized spacial score (nSPS) is 12.7. The molecular formula is C17H18F3N3O3. The van der Waals surface area contributed by atoms with Crippen LogP contribution in [0.4, 0.5) is 13.2 Å². The first-order valence-electron chi connectivity index (χ1n) is 7.80. The lowest BCUT2D eigenvalue weighted by Crippen LogP contribution is -2.27. The molecule has 2 rings (SSSR count). The molecule has 0 aliphatic rings. The molecule has 0 fully saturated rings. The van der Waals surface area contributed by atoms with Crippen molar-refractivity contribution in [1.29, 1.82) is 0 Å². The zero-order valence-electron chi connectivity index (χ0n) is 14.2. The minimum atomic E-state index is -4.33. The highest BCUT2D eigenvalue weighted by Crippen LogP contribution is 2.23. The molecular weight excluding hydrogens is 351 g/mol. The van der Waals surface area contributed by atoms with Gasteiger partial charge in [-0.2, -0.15) is 18.3 Å². The molecule has 26 heavy (non-hydrogen) atoms. The summed E-state index contributed by atoms with van der Waals surface area (Å²) in [6.45, 7) is 1.69. The molecule has 2 N–H and O–H groups in total. The number of aryl methyl sites for hydroxylation is 2. The van der Waals surface area contributed by atoms with Crippen LogP contribution in [0.15, 0.2) is 30.5 Å². The number of alkyl halides is 3. The van der Waals surface area contributed by atoms with Gasteiger partial charge in [-0.1, -0.05) is 12.1 Å². The number of halogens is 3. The van der Waals surface area contributed by atoms with E-state index in [0.717, 1.165) is 0 Å². The van der Waals surface area contributed by atoms with E-state index in [9.17, 15) is 22.8 Å². The zero-order chi connectivity index (χ0) is 19.5. The van der Waals surface area contributed by atoms with E-state index < -0.39 is 30.5 Å². The van der Waals surface area contributed by atoms with E-state index in [-0.39, 0.29) is 23.2 Å². The van der Waals surface area contributed by atoms with E-state index in [1.807, 2.05) is 0 Å². The lowest BCUT2D eigenvalue weighted by molar-refractivity contribution is -0.134. The van der Waals surface area contributed by atoms with Crippen molar-refractivity contribution in [3.63, 3.8) is 0 Å². The van der Waals surface area contributed by atoms with Gasteiger partial charge in [-0.05, 0) is 24.6 Å². The summed E-state index contributed by atoms with van der Waals surface area (Å²) >= 11 is 0. The van der Waals surface area contributed by atoms with Gasteiger partial charge >= 0.3 is 12.1 Å². The summed E-state index contributed by atoms with van der Waals surface area (Å²) in [6.07, 6.45) is -4.39. The molecule has 1 atom stereocenters. The van der Waals surface area contributed by atoms with Crippen molar-refractivity contribution in [3.8, 4) is 0 Å². The van der Waals surface area contributed by atoms with E-state index in [1.165, 1.54) is 30.1 Å². The first-order valence-corrected chi connectivity index (χ1v) is 7.80. The number of benzene rings is 1. The third-order valence-corrected chi connectivity index (χ3v) is 3.80. The highest BCUT2D eigenvalue weighted by atomic mass is 19.4. The van der Waals surface area contributed by atoms with E-state index in [0.29, 0.717) is 5.56 Å². The quantitative estimate of drug-likeness (QED) is 0.820. The molecule has 140 valence electrons. The second-order valence-electron chi connectivity index (χ2n) is 5.90. The maximum atomic E-state index is 12.4. The Morgan fingerprint density at radius 2 is 1.88 bits per heavy atom. The summed E-state index contributed by atoms with van der Waals surface area (Å²) in [6, 6.07) is 5.52. The Morgan fingerprint density at radius 1 is 1.27 bits per heavy atom. The van der Waals surface area contributed by atoms with Gasteiger partial charge in [-0.3, -0.25) is 9.48 Å². The van der Waals surface area contributed by atoms with E-state index in [4.69, 9.17) is 5.11 Å². The minimum absolute atomic E-state index is 0.0794. The van der Waals surface area contributed by atoms with Gasteiger partial charge in [0.1, 0.15) is 0 Å². The van der Waals surface area contributed by atoms with E-state index in [1.54, 1.807) is 19.1 Å². The van der Waals surface area contributed by atoms with E-state index >= 15 is 0 Å². The molecule has 1 heterocycles. The number of carboxylic acids is 1.